The number of carbonyl (C=O) groups is 1. The van der Waals surface area contributed by atoms with Gasteiger partial charge in [0.1, 0.15) is 0 Å². The smallest absolute Gasteiger partial charge is 0.223 e. The fraction of sp³-hybridized carbons (Fsp3) is 0.611. The predicted octanol–water partition coefficient (Wildman–Crippen LogP) is 2.86. The molecule has 0 saturated carbocycles. The lowest BCUT2D eigenvalue weighted by molar-refractivity contribution is -0.126. The zero-order chi connectivity index (χ0) is 15.2. The first-order chi connectivity index (χ1) is 10.1. The normalized spacial score (nSPS) is 17.7. The molecule has 0 bridgehead atoms. The van der Waals surface area contributed by atoms with Crippen molar-refractivity contribution in [2.45, 2.75) is 52.0 Å². The Labute approximate surface area is 128 Å². The summed E-state index contributed by atoms with van der Waals surface area (Å²) in [6.07, 6.45) is 2.82. The van der Waals surface area contributed by atoms with Crippen molar-refractivity contribution in [1.29, 1.82) is 0 Å². The summed E-state index contributed by atoms with van der Waals surface area (Å²) in [5.41, 5.74) is 2.66. The SMILES string of the molecule is CC(Cc1ccc(C(C)C)cc1)NC(=O)C1CCNCC1. The number of nitrogens with one attached hydrogen (secondary N) is 2. The summed E-state index contributed by atoms with van der Waals surface area (Å²) in [5, 5.41) is 6.47. The van der Waals surface area contributed by atoms with Crippen LogP contribution in [0.25, 0.3) is 0 Å². The molecule has 1 aromatic rings. The maximum Gasteiger partial charge on any atom is 0.223 e. The molecule has 3 heteroatoms. The van der Waals surface area contributed by atoms with E-state index in [1.54, 1.807) is 0 Å². The minimum atomic E-state index is 0.192. The summed E-state index contributed by atoms with van der Waals surface area (Å²) in [6, 6.07) is 8.95. The van der Waals surface area contributed by atoms with Gasteiger partial charge in [0.2, 0.25) is 5.91 Å². The summed E-state index contributed by atoms with van der Waals surface area (Å²) in [7, 11) is 0. The zero-order valence-electron chi connectivity index (χ0n) is 13.5. The number of carbonyl (C=O) groups excluding carboxylic acids is 1. The predicted molar refractivity (Wildman–Crippen MR) is 87.4 cm³/mol. The van der Waals surface area contributed by atoms with E-state index in [-0.39, 0.29) is 17.9 Å². The van der Waals surface area contributed by atoms with Crippen LogP contribution in [0.15, 0.2) is 24.3 Å². The molecule has 1 fully saturated rings. The largest absolute Gasteiger partial charge is 0.353 e. The van der Waals surface area contributed by atoms with E-state index < -0.39 is 0 Å². The maximum atomic E-state index is 12.2. The molecule has 2 rings (SSSR count). The second-order valence-corrected chi connectivity index (χ2v) is 6.53. The molecule has 1 aliphatic heterocycles. The Balaban J connectivity index is 1.83. The van der Waals surface area contributed by atoms with Crippen LogP contribution in [-0.4, -0.2) is 25.0 Å². The average Bonchev–Trinajstić information content (AvgIpc) is 2.48. The summed E-state index contributed by atoms with van der Waals surface area (Å²) < 4.78 is 0. The highest BCUT2D eigenvalue weighted by molar-refractivity contribution is 5.79. The number of rotatable bonds is 5. The summed E-state index contributed by atoms with van der Waals surface area (Å²) in [4.78, 5) is 12.2. The van der Waals surface area contributed by atoms with Crippen LogP contribution in [0.5, 0.6) is 0 Å². The molecule has 0 spiro atoms. The van der Waals surface area contributed by atoms with Gasteiger partial charge in [0.25, 0.3) is 0 Å². The van der Waals surface area contributed by atoms with Gasteiger partial charge < -0.3 is 10.6 Å². The maximum absolute atomic E-state index is 12.2. The van der Waals surface area contributed by atoms with E-state index in [1.165, 1.54) is 11.1 Å². The molecule has 0 aliphatic carbocycles. The van der Waals surface area contributed by atoms with Crippen molar-refractivity contribution >= 4 is 5.91 Å². The molecular formula is C18H28N2O. The molecule has 1 unspecified atom stereocenters. The van der Waals surface area contributed by atoms with E-state index >= 15 is 0 Å². The number of amides is 1. The molecule has 1 saturated heterocycles. The molecule has 116 valence electrons. The van der Waals surface area contributed by atoms with Gasteiger partial charge in [0, 0.05) is 12.0 Å². The van der Waals surface area contributed by atoms with E-state index in [9.17, 15) is 4.79 Å². The lowest BCUT2D eigenvalue weighted by Crippen LogP contribution is -2.42. The third kappa shape index (κ3) is 4.85. The zero-order valence-corrected chi connectivity index (χ0v) is 13.5. The van der Waals surface area contributed by atoms with Gasteiger partial charge in [0.05, 0.1) is 0 Å². The van der Waals surface area contributed by atoms with Gasteiger partial charge in [-0.15, -0.1) is 0 Å². The molecule has 3 nitrogen and oxygen atoms in total. The van der Waals surface area contributed by atoms with Crippen molar-refractivity contribution in [1.82, 2.24) is 10.6 Å². The van der Waals surface area contributed by atoms with Gasteiger partial charge in [0.15, 0.2) is 0 Å². The fourth-order valence-electron chi connectivity index (χ4n) is 2.89. The second-order valence-electron chi connectivity index (χ2n) is 6.53. The van der Waals surface area contributed by atoms with Gasteiger partial charge in [-0.2, -0.15) is 0 Å². The van der Waals surface area contributed by atoms with E-state index in [4.69, 9.17) is 0 Å². The van der Waals surface area contributed by atoms with Crippen molar-refractivity contribution in [3.8, 4) is 0 Å². The van der Waals surface area contributed by atoms with Crippen LogP contribution in [0.2, 0.25) is 0 Å². The van der Waals surface area contributed by atoms with Crippen molar-refractivity contribution in [2.75, 3.05) is 13.1 Å². The molecule has 1 aliphatic rings. The van der Waals surface area contributed by atoms with Gasteiger partial charge in [-0.3, -0.25) is 4.79 Å². The number of hydrogen-bond donors (Lipinski definition) is 2. The van der Waals surface area contributed by atoms with Gasteiger partial charge in [-0.05, 0) is 56.3 Å². The van der Waals surface area contributed by atoms with E-state index in [2.05, 4.69) is 55.7 Å². The minimum Gasteiger partial charge on any atom is -0.353 e. The third-order valence-electron chi connectivity index (χ3n) is 4.29. The monoisotopic (exact) mass is 288 g/mol. The first-order valence-electron chi connectivity index (χ1n) is 8.16. The summed E-state index contributed by atoms with van der Waals surface area (Å²) in [6.45, 7) is 8.43. The molecule has 1 aromatic carbocycles. The summed E-state index contributed by atoms with van der Waals surface area (Å²) >= 11 is 0. The molecule has 2 N–H and O–H groups in total. The third-order valence-corrected chi connectivity index (χ3v) is 4.29. The lowest BCUT2D eigenvalue weighted by atomic mass is 9.96. The second kappa shape index (κ2) is 7.60. The Morgan fingerprint density at radius 2 is 1.81 bits per heavy atom. The molecule has 0 radical (unpaired) electrons. The van der Waals surface area contributed by atoms with Crippen LogP contribution < -0.4 is 10.6 Å². The van der Waals surface area contributed by atoms with Crippen molar-refractivity contribution in [3.63, 3.8) is 0 Å². The molecule has 21 heavy (non-hydrogen) atoms. The molecule has 0 aromatic heterocycles. The van der Waals surface area contributed by atoms with Gasteiger partial charge in [-0.1, -0.05) is 38.1 Å². The Bertz CT molecular complexity index is 447. The Kier molecular flexibility index (Phi) is 5.80. The Hall–Kier alpha value is -1.35. The van der Waals surface area contributed by atoms with Crippen molar-refractivity contribution < 1.29 is 4.79 Å². The first kappa shape index (κ1) is 16.0. The van der Waals surface area contributed by atoms with Crippen LogP contribution in [-0.2, 0) is 11.2 Å². The quantitative estimate of drug-likeness (QED) is 0.875. The highest BCUT2D eigenvalue weighted by atomic mass is 16.1. The average molecular weight is 288 g/mol. The van der Waals surface area contributed by atoms with E-state index in [0.717, 1.165) is 32.4 Å². The fourth-order valence-corrected chi connectivity index (χ4v) is 2.89. The van der Waals surface area contributed by atoms with Crippen LogP contribution in [0.1, 0.15) is 50.7 Å². The standard InChI is InChI=1S/C18H28N2O/c1-13(2)16-6-4-15(5-7-16)12-14(3)20-18(21)17-8-10-19-11-9-17/h4-7,13-14,17,19H,8-12H2,1-3H3,(H,20,21). The number of hydrogen-bond acceptors (Lipinski definition) is 2. The number of benzene rings is 1. The van der Waals surface area contributed by atoms with E-state index in [1.807, 2.05) is 0 Å². The van der Waals surface area contributed by atoms with Crippen LogP contribution in [0.4, 0.5) is 0 Å². The molecular weight excluding hydrogens is 260 g/mol. The Morgan fingerprint density at radius 3 is 2.38 bits per heavy atom. The highest BCUT2D eigenvalue weighted by Gasteiger charge is 2.21. The minimum absolute atomic E-state index is 0.192. The van der Waals surface area contributed by atoms with Gasteiger partial charge in [-0.25, -0.2) is 0 Å². The lowest BCUT2D eigenvalue weighted by Gasteiger charge is -2.24. The van der Waals surface area contributed by atoms with Gasteiger partial charge >= 0.3 is 0 Å². The molecule has 1 heterocycles. The van der Waals surface area contributed by atoms with Crippen molar-refractivity contribution in [3.05, 3.63) is 35.4 Å². The van der Waals surface area contributed by atoms with Crippen LogP contribution >= 0.6 is 0 Å². The number of piperidine rings is 1. The van der Waals surface area contributed by atoms with Crippen molar-refractivity contribution in [2.24, 2.45) is 5.92 Å². The summed E-state index contributed by atoms with van der Waals surface area (Å²) in [5.74, 6) is 0.982. The van der Waals surface area contributed by atoms with Crippen LogP contribution in [0.3, 0.4) is 0 Å². The molecule has 1 amide bonds. The first-order valence-corrected chi connectivity index (χ1v) is 8.16. The topological polar surface area (TPSA) is 41.1 Å². The van der Waals surface area contributed by atoms with Crippen LogP contribution in [0, 0.1) is 5.92 Å². The molecule has 1 atom stereocenters. The van der Waals surface area contributed by atoms with E-state index in [0.29, 0.717) is 5.92 Å². The Morgan fingerprint density at radius 1 is 1.19 bits per heavy atom. The highest BCUT2D eigenvalue weighted by Crippen LogP contribution is 2.16.